The fourth-order valence-electron chi connectivity index (χ4n) is 4.15. The molecule has 7 nitrogen and oxygen atoms in total. The number of nitrogens with zero attached hydrogens (tertiary/aromatic N) is 3. The maximum Gasteiger partial charge on any atom is 0.339 e. The van der Waals surface area contributed by atoms with Gasteiger partial charge < -0.3 is 19.5 Å². The molecule has 0 bridgehead atoms. The highest BCUT2D eigenvalue weighted by Gasteiger charge is 2.29. The second-order valence-corrected chi connectivity index (χ2v) is 8.50. The molecule has 33 heavy (non-hydrogen) atoms. The lowest BCUT2D eigenvalue weighted by atomic mass is 10.0. The minimum atomic E-state index is -1.09. The number of carboxylic acids is 1. The highest BCUT2D eigenvalue weighted by atomic mass is 35.5. The average Bonchev–Trinajstić information content (AvgIpc) is 3.31. The second-order valence-electron chi connectivity index (χ2n) is 8.12. The number of aromatic nitrogens is 2. The van der Waals surface area contributed by atoms with Crippen LogP contribution in [0.4, 0.5) is 5.95 Å². The Hall–Kier alpha value is -3.32. The normalized spacial score (nSPS) is 15.5. The van der Waals surface area contributed by atoms with E-state index in [4.69, 9.17) is 21.1 Å². The zero-order valence-corrected chi connectivity index (χ0v) is 19.6. The van der Waals surface area contributed by atoms with Crippen LogP contribution in [0.3, 0.4) is 0 Å². The van der Waals surface area contributed by atoms with E-state index in [2.05, 4.69) is 14.9 Å². The molecule has 0 saturated carbocycles. The average molecular weight is 468 g/mol. The van der Waals surface area contributed by atoms with E-state index in [0.29, 0.717) is 22.4 Å². The Kier molecular flexibility index (Phi) is 6.70. The third kappa shape index (κ3) is 4.88. The van der Waals surface area contributed by atoms with Crippen LogP contribution < -0.4 is 14.4 Å². The van der Waals surface area contributed by atoms with Crippen molar-refractivity contribution in [1.82, 2.24) is 9.97 Å². The summed E-state index contributed by atoms with van der Waals surface area (Å²) in [5.41, 5.74) is 3.30. The summed E-state index contributed by atoms with van der Waals surface area (Å²) in [4.78, 5) is 22.9. The first-order valence-electron chi connectivity index (χ1n) is 10.8. The van der Waals surface area contributed by atoms with Gasteiger partial charge in [-0.05, 0) is 67.6 Å². The van der Waals surface area contributed by atoms with Crippen LogP contribution in [-0.4, -0.2) is 34.7 Å². The topological polar surface area (TPSA) is 84.8 Å². The zero-order chi connectivity index (χ0) is 23.5. The standard InChI is InChI=1S/C25H26ClN3O4/c1-15-11-19(12-16(2)23(15)26)33-14-21-20(24(30)31)13-27-25(28-21)29-10-4-5-22(29)17-6-8-18(32-3)9-7-17/h6-9,11-13,22H,4-5,10,14H2,1-3H3,(H,30,31). The summed E-state index contributed by atoms with van der Waals surface area (Å²) >= 11 is 6.24. The van der Waals surface area contributed by atoms with Gasteiger partial charge in [-0.1, -0.05) is 23.7 Å². The summed E-state index contributed by atoms with van der Waals surface area (Å²) in [5.74, 6) is 0.831. The highest BCUT2D eigenvalue weighted by Crippen LogP contribution is 2.35. The van der Waals surface area contributed by atoms with Crippen molar-refractivity contribution >= 4 is 23.5 Å². The molecule has 0 aliphatic carbocycles. The molecule has 2 heterocycles. The first-order chi connectivity index (χ1) is 15.9. The van der Waals surface area contributed by atoms with Crippen LogP contribution in [0.1, 0.15) is 51.6 Å². The zero-order valence-electron chi connectivity index (χ0n) is 18.8. The summed E-state index contributed by atoms with van der Waals surface area (Å²) < 4.78 is 11.2. The third-order valence-corrected chi connectivity index (χ3v) is 6.48. The largest absolute Gasteiger partial charge is 0.497 e. The van der Waals surface area contributed by atoms with Crippen molar-refractivity contribution in [2.75, 3.05) is 18.6 Å². The third-order valence-electron chi connectivity index (χ3n) is 5.88. The highest BCUT2D eigenvalue weighted by molar-refractivity contribution is 6.32. The lowest BCUT2D eigenvalue weighted by Gasteiger charge is -2.25. The first-order valence-corrected chi connectivity index (χ1v) is 11.1. The van der Waals surface area contributed by atoms with Gasteiger partial charge in [0.1, 0.15) is 23.7 Å². The number of ether oxygens (including phenoxy) is 2. The molecule has 1 N–H and O–H groups in total. The molecule has 1 saturated heterocycles. The molecule has 2 aromatic carbocycles. The van der Waals surface area contributed by atoms with Crippen LogP contribution in [0.15, 0.2) is 42.6 Å². The van der Waals surface area contributed by atoms with E-state index in [1.54, 1.807) is 7.11 Å². The Morgan fingerprint density at radius 2 is 1.88 bits per heavy atom. The van der Waals surface area contributed by atoms with Crippen molar-refractivity contribution in [3.8, 4) is 11.5 Å². The van der Waals surface area contributed by atoms with Crippen molar-refractivity contribution < 1.29 is 19.4 Å². The minimum absolute atomic E-state index is 0.0126. The molecule has 8 heteroatoms. The van der Waals surface area contributed by atoms with Gasteiger partial charge in [0.2, 0.25) is 5.95 Å². The van der Waals surface area contributed by atoms with Crippen molar-refractivity contribution in [3.63, 3.8) is 0 Å². The van der Waals surface area contributed by atoms with Gasteiger partial charge in [-0.15, -0.1) is 0 Å². The van der Waals surface area contributed by atoms with Crippen LogP contribution in [0.5, 0.6) is 11.5 Å². The Morgan fingerprint density at radius 3 is 2.52 bits per heavy atom. The van der Waals surface area contributed by atoms with E-state index < -0.39 is 5.97 Å². The van der Waals surface area contributed by atoms with E-state index in [1.807, 2.05) is 50.2 Å². The maximum absolute atomic E-state index is 11.8. The predicted octanol–water partition coefficient (Wildman–Crippen LogP) is 5.37. The van der Waals surface area contributed by atoms with Gasteiger partial charge in [-0.25, -0.2) is 14.8 Å². The van der Waals surface area contributed by atoms with E-state index in [0.717, 1.165) is 41.8 Å². The lowest BCUT2D eigenvalue weighted by Crippen LogP contribution is -2.26. The molecule has 4 rings (SSSR count). The molecular weight excluding hydrogens is 442 g/mol. The SMILES string of the molecule is COc1ccc(C2CCCN2c2ncc(C(=O)O)c(COc3cc(C)c(Cl)c(C)c3)n2)cc1. The molecule has 0 spiro atoms. The quantitative estimate of drug-likeness (QED) is 0.499. The predicted molar refractivity (Wildman–Crippen MR) is 127 cm³/mol. The number of rotatable bonds is 7. The Bertz CT molecular complexity index is 1140. The monoisotopic (exact) mass is 467 g/mol. The van der Waals surface area contributed by atoms with Crippen molar-refractivity contribution in [2.24, 2.45) is 0 Å². The smallest absolute Gasteiger partial charge is 0.339 e. The van der Waals surface area contributed by atoms with Gasteiger partial charge in [0.25, 0.3) is 0 Å². The van der Waals surface area contributed by atoms with E-state index >= 15 is 0 Å². The van der Waals surface area contributed by atoms with Crippen molar-refractivity contribution in [1.29, 1.82) is 0 Å². The molecular formula is C25H26ClN3O4. The van der Waals surface area contributed by atoms with Gasteiger partial charge >= 0.3 is 5.97 Å². The van der Waals surface area contributed by atoms with Crippen molar-refractivity contribution in [3.05, 3.63) is 75.6 Å². The summed E-state index contributed by atoms with van der Waals surface area (Å²) in [6.07, 6.45) is 3.33. The second kappa shape index (κ2) is 9.67. The molecule has 172 valence electrons. The van der Waals surface area contributed by atoms with Gasteiger partial charge in [0, 0.05) is 17.8 Å². The van der Waals surface area contributed by atoms with E-state index in [-0.39, 0.29) is 18.2 Å². The Morgan fingerprint density at radius 1 is 1.18 bits per heavy atom. The summed E-state index contributed by atoms with van der Waals surface area (Å²) in [6.45, 7) is 4.61. The van der Waals surface area contributed by atoms with Gasteiger partial charge in [0.15, 0.2) is 0 Å². The Balaban J connectivity index is 1.60. The van der Waals surface area contributed by atoms with Gasteiger partial charge in [-0.2, -0.15) is 0 Å². The van der Waals surface area contributed by atoms with Crippen LogP contribution in [-0.2, 0) is 6.61 Å². The number of hydrogen-bond acceptors (Lipinski definition) is 6. The fourth-order valence-corrected chi connectivity index (χ4v) is 4.26. The number of carbonyl (C=O) groups is 1. The molecule has 1 aliphatic rings. The van der Waals surface area contributed by atoms with Gasteiger partial charge in [0.05, 0.1) is 18.8 Å². The number of halogens is 1. The number of aromatic carboxylic acids is 1. The Labute approximate surface area is 198 Å². The molecule has 0 radical (unpaired) electrons. The van der Waals surface area contributed by atoms with E-state index in [1.165, 1.54) is 6.20 Å². The minimum Gasteiger partial charge on any atom is -0.497 e. The maximum atomic E-state index is 11.8. The summed E-state index contributed by atoms with van der Waals surface area (Å²) in [6, 6.07) is 11.7. The van der Waals surface area contributed by atoms with Crippen LogP contribution in [0, 0.1) is 13.8 Å². The first kappa shape index (κ1) is 22.9. The fraction of sp³-hybridized carbons (Fsp3) is 0.320. The van der Waals surface area contributed by atoms with E-state index in [9.17, 15) is 9.90 Å². The van der Waals surface area contributed by atoms with Crippen LogP contribution in [0.2, 0.25) is 5.02 Å². The molecule has 1 atom stereocenters. The number of anilines is 1. The summed E-state index contributed by atoms with van der Waals surface area (Å²) in [5, 5.41) is 10.3. The number of benzene rings is 2. The molecule has 1 fully saturated rings. The van der Waals surface area contributed by atoms with Gasteiger partial charge in [-0.3, -0.25) is 0 Å². The molecule has 1 aliphatic heterocycles. The lowest BCUT2D eigenvalue weighted by molar-refractivity contribution is 0.0692. The van der Waals surface area contributed by atoms with Crippen molar-refractivity contribution in [2.45, 2.75) is 39.3 Å². The number of aryl methyl sites for hydroxylation is 2. The van der Waals surface area contributed by atoms with Crippen LogP contribution >= 0.6 is 11.6 Å². The molecule has 0 amide bonds. The van der Waals surface area contributed by atoms with Crippen LogP contribution in [0.25, 0.3) is 0 Å². The molecule has 1 aromatic heterocycles. The number of methoxy groups -OCH3 is 1. The number of hydrogen-bond donors (Lipinski definition) is 1. The summed E-state index contributed by atoms with van der Waals surface area (Å²) in [7, 11) is 1.64. The molecule has 3 aromatic rings. The molecule has 1 unspecified atom stereocenters. The number of carboxylic acid groups (broad SMARTS) is 1.